The summed E-state index contributed by atoms with van der Waals surface area (Å²) in [5, 5.41) is 5.79. The van der Waals surface area contributed by atoms with Crippen molar-refractivity contribution < 1.29 is 9.59 Å². The fourth-order valence-electron chi connectivity index (χ4n) is 2.49. The Balaban J connectivity index is 1.82. The highest BCUT2D eigenvalue weighted by Gasteiger charge is 2.21. The average molecular weight is 367 g/mol. The second-order valence-electron chi connectivity index (χ2n) is 7.65. The van der Waals surface area contributed by atoms with E-state index >= 15 is 0 Å². The highest BCUT2D eigenvalue weighted by atomic mass is 16.2. The van der Waals surface area contributed by atoms with Crippen LogP contribution in [0.3, 0.4) is 0 Å². The van der Waals surface area contributed by atoms with E-state index in [-0.39, 0.29) is 11.8 Å². The maximum atomic E-state index is 12.4. The zero-order valence-corrected chi connectivity index (χ0v) is 16.6. The zero-order valence-electron chi connectivity index (χ0n) is 16.6. The zero-order chi connectivity index (χ0) is 19.9. The van der Waals surface area contributed by atoms with Gasteiger partial charge in [-0.05, 0) is 36.8 Å². The van der Waals surface area contributed by atoms with Crippen LogP contribution in [0.2, 0.25) is 0 Å². The third-order valence-electron chi connectivity index (χ3n) is 4.22. The van der Waals surface area contributed by atoms with Crippen molar-refractivity contribution in [2.75, 3.05) is 30.4 Å². The smallest absolute Gasteiger partial charge is 0.251 e. The van der Waals surface area contributed by atoms with Gasteiger partial charge in [0.05, 0.1) is 0 Å². The molecule has 5 heteroatoms. The van der Waals surface area contributed by atoms with Gasteiger partial charge in [-0.3, -0.25) is 9.59 Å². The molecular weight excluding hydrogens is 338 g/mol. The molecular formula is C22H29N3O2. The van der Waals surface area contributed by atoms with Crippen molar-refractivity contribution in [1.29, 1.82) is 0 Å². The first kappa shape index (κ1) is 20.5. The Kier molecular flexibility index (Phi) is 6.99. The molecule has 0 radical (unpaired) electrons. The molecule has 2 amide bonds. The Morgan fingerprint density at radius 1 is 1.00 bits per heavy atom. The maximum absolute atomic E-state index is 12.4. The van der Waals surface area contributed by atoms with Crippen LogP contribution in [0.25, 0.3) is 0 Å². The van der Waals surface area contributed by atoms with Crippen LogP contribution >= 0.6 is 0 Å². The summed E-state index contributed by atoms with van der Waals surface area (Å²) in [5.74, 6) is -0.215. The average Bonchev–Trinajstić information content (AvgIpc) is 2.65. The van der Waals surface area contributed by atoms with E-state index in [0.29, 0.717) is 17.8 Å². The first-order chi connectivity index (χ1) is 12.8. The summed E-state index contributed by atoms with van der Waals surface area (Å²) in [7, 11) is 2.04. The molecule has 0 heterocycles. The minimum Gasteiger partial charge on any atom is -0.375 e. The number of benzene rings is 2. The monoisotopic (exact) mass is 367 g/mol. The third-order valence-corrected chi connectivity index (χ3v) is 4.22. The van der Waals surface area contributed by atoms with Crippen molar-refractivity contribution in [2.24, 2.45) is 5.41 Å². The quantitative estimate of drug-likeness (QED) is 0.729. The molecule has 0 unspecified atom stereocenters. The molecule has 0 spiro atoms. The van der Waals surface area contributed by atoms with E-state index in [1.165, 1.54) is 0 Å². The second kappa shape index (κ2) is 9.21. The van der Waals surface area contributed by atoms with Gasteiger partial charge in [0, 0.05) is 42.5 Å². The van der Waals surface area contributed by atoms with E-state index in [4.69, 9.17) is 0 Å². The summed E-state index contributed by atoms with van der Waals surface area (Å²) >= 11 is 0. The Labute approximate surface area is 161 Å². The molecule has 2 aromatic carbocycles. The lowest BCUT2D eigenvalue weighted by molar-refractivity contribution is -0.123. The summed E-state index contributed by atoms with van der Waals surface area (Å²) in [6, 6.07) is 17.2. The number of anilines is 2. The minimum atomic E-state index is -0.483. The van der Waals surface area contributed by atoms with Crippen molar-refractivity contribution in [2.45, 2.75) is 27.2 Å². The van der Waals surface area contributed by atoms with Crippen molar-refractivity contribution >= 4 is 23.2 Å². The van der Waals surface area contributed by atoms with Crippen molar-refractivity contribution in [3.8, 4) is 0 Å². The molecule has 2 aromatic rings. The van der Waals surface area contributed by atoms with E-state index in [1.54, 1.807) is 24.3 Å². The predicted molar refractivity (Wildman–Crippen MR) is 111 cm³/mol. The van der Waals surface area contributed by atoms with Crippen LogP contribution in [0.1, 0.15) is 37.6 Å². The largest absolute Gasteiger partial charge is 0.375 e. The van der Waals surface area contributed by atoms with Crippen LogP contribution in [0.5, 0.6) is 0 Å². The molecule has 0 aliphatic heterocycles. The molecule has 0 fully saturated rings. The number of carbonyl (C=O) groups excluding carboxylic acids is 2. The molecule has 144 valence electrons. The maximum Gasteiger partial charge on any atom is 0.251 e. The Bertz CT molecular complexity index is 767. The Hall–Kier alpha value is -2.82. The normalized spacial score (nSPS) is 11.0. The van der Waals surface area contributed by atoms with Crippen molar-refractivity contribution in [3.63, 3.8) is 0 Å². The number of nitrogens with one attached hydrogen (secondary N) is 2. The van der Waals surface area contributed by atoms with E-state index in [1.807, 2.05) is 46.0 Å². The lowest BCUT2D eigenvalue weighted by Gasteiger charge is -2.19. The number of hydrogen-bond donors (Lipinski definition) is 2. The van der Waals surface area contributed by atoms with Gasteiger partial charge in [0.2, 0.25) is 5.91 Å². The van der Waals surface area contributed by atoms with Gasteiger partial charge in [0.1, 0.15) is 0 Å². The first-order valence-corrected chi connectivity index (χ1v) is 9.23. The van der Waals surface area contributed by atoms with Gasteiger partial charge < -0.3 is 15.5 Å². The summed E-state index contributed by atoms with van der Waals surface area (Å²) in [5.41, 5.74) is 1.85. The number of carbonyl (C=O) groups is 2. The van der Waals surface area contributed by atoms with Gasteiger partial charge >= 0.3 is 0 Å². The van der Waals surface area contributed by atoms with E-state index in [0.717, 1.165) is 18.7 Å². The van der Waals surface area contributed by atoms with Crippen LogP contribution in [-0.4, -0.2) is 32.0 Å². The Morgan fingerprint density at radius 3 is 2.37 bits per heavy atom. The van der Waals surface area contributed by atoms with Crippen LogP contribution < -0.4 is 15.5 Å². The van der Waals surface area contributed by atoms with E-state index in [9.17, 15) is 9.59 Å². The summed E-state index contributed by atoms with van der Waals surface area (Å²) < 4.78 is 0. The first-order valence-electron chi connectivity index (χ1n) is 9.23. The van der Waals surface area contributed by atoms with E-state index in [2.05, 4.69) is 27.7 Å². The topological polar surface area (TPSA) is 61.4 Å². The lowest BCUT2D eigenvalue weighted by Crippen LogP contribution is -2.29. The lowest BCUT2D eigenvalue weighted by atomic mass is 9.95. The second-order valence-corrected chi connectivity index (χ2v) is 7.65. The van der Waals surface area contributed by atoms with E-state index < -0.39 is 5.41 Å². The van der Waals surface area contributed by atoms with Crippen molar-refractivity contribution in [3.05, 3.63) is 60.2 Å². The summed E-state index contributed by atoms with van der Waals surface area (Å²) in [6.07, 6.45) is 0.845. The highest BCUT2D eigenvalue weighted by molar-refractivity contribution is 5.98. The number of hydrogen-bond acceptors (Lipinski definition) is 3. The Morgan fingerprint density at radius 2 is 1.70 bits per heavy atom. The summed E-state index contributed by atoms with van der Waals surface area (Å²) in [4.78, 5) is 26.6. The third kappa shape index (κ3) is 6.44. The van der Waals surface area contributed by atoms with Gasteiger partial charge in [-0.25, -0.2) is 0 Å². The predicted octanol–water partition coefficient (Wildman–Crippen LogP) is 3.93. The molecule has 2 N–H and O–H groups in total. The molecule has 0 bridgehead atoms. The number of para-hydroxylation sites is 1. The fraction of sp³-hybridized carbons (Fsp3) is 0.364. The molecule has 0 aromatic heterocycles. The van der Waals surface area contributed by atoms with Crippen LogP contribution in [0.4, 0.5) is 11.4 Å². The van der Waals surface area contributed by atoms with Crippen LogP contribution in [0, 0.1) is 5.41 Å². The number of amides is 2. The number of rotatable bonds is 7. The van der Waals surface area contributed by atoms with Gasteiger partial charge in [-0.15, -0.1) is 0 Å². The number of nitrogens with zero attached hydrogens (tertiary/aromatic N) is 1. The van der Waals surface area contributed by atoms with Gasteiger partial charge in [-0.2, -0.15) is 0 Å². The molecule has 0 saturated carbocycles. The fourth-order valence-corrected chi connectivity index (χ4v) is 2.49. The van der Waals surface area contributed by atoms with Gasteiger partial charge in [-0.1, -0.05) is 45.0 Å². The SMILES string of the molecule is CN(CCCNC(=O)c1cccc(NC(=O)C(C)(C)C)c1)c1ccccc1. The highest BCUT2D eigenvalue weighted by Crippen LogP contribution is 2.18. The molecule has 0 saturated heterocycles. The van der Waals surface area contributed by atoms with Crippen LogP contribution in [-0.2, 0) is 4.79 Å². The molecule has 0 atom stereocenters. The van der Waals surface area contributed by atoms with Crippen LogP contribution in [0.15, 0.2) is 54.6 Å². The minimum absolute atomic E-state index is 0.0796. The molecule has 0 aliphatic carbocycles. The molecule has 2 rings (SSSR count). The van der Waals surface area contributed by atoms with Gasteiger partial charge in [0.15, 0.2) is 0 Å². The molecule has 27 heavy (non-hydrogen) atoms. The van der Waals surface area contributed by atoms with Crippen molar-refractivity contribution in [1.82, 2.24) is 5.32 Å². The van der Waals surface area contributed by atoms with Gasteiger partial charge in [0.25, 0.3) is 5.91 Å². The standard InChI is InChI=1S/C22H29N3O2/c1-22(2,3)21(27)24-18-11-8-10-17(16-18)20(26)23-14-9-15-25(4)19-12-6-5-7-13-19/h5-8,10-13,16H,9,14-15H2,1-4H3,(H,23,26)(H,24,27). The molecule has 0 aliphatic rings. The molecule has 5 nitrogen and oxygen atoms in total. The summed E-state index contributed by atoms with van der Waals surface area (Å²) in [6.45, 7) is 7.00.